The SMILES string of the molecule is CC.CC12COC3C=CC=CC(C(=O)C1)C32. The van der Waals surface area contributed by atoms with Crippen LogP contribution in [0.1, 0.15) is 27.2 Å². The van der Waals surface area contributed by atoms with Crippen LogP contribution < -0.4 is 0 Å². The van der Waals surface area contributed by atoms with E-state index in [0.717, 1.165) is 6.61 Å². The van der Waals surface area contributed by atoms with Crippen LogP contribution in [0.2, 0.25) is 0 Å². The molecule has 2 fully saturated rings. The topological polar surface area (TPSA) is 26.3 Å². The maximum Gasteiger partial charge on any atom is 0.140 e. The quantitative estimate of drug-likeness (QED) is 0.627. The maximum absolute atomic E-state index is 11.8. The number of allylic oxidation sites excluding steroid dienone is 3. The van der Waals surface area contributed by atoms with Crippen LogP contribution in [0.4, 0.5) is 0 Å². The molecular formula is C14H20O2. The zero-order valence-electron chi connectivity index (χ0n) is 10.3. The number of ketones is 1. The Morgan fingerprint density at radius 1 is 1.31 bits per heavy atom. The third-order valence-electron chi connectivity index (χ3n) is 3.83. The molecule has 0 N–H and O–H groups in total. The van der Waals surface area contributed by atoms with E-state index in [-0.39, 0.29) is 17.4 Å². The molecule has 0 spiro atoms. The predicted molar refractivity (Wildman–Crippen MR) is 64.1 cm³/mol. The maximum atomic E-state index is 11.8. The first kappa shape index (κ1) is 11.6. The number of hydrogen-bond acceptors (Lipinski definition) is 2. The van der Waals surface area contributed by atoms with Gasteiger partial charge in [0.2, 0.25) is 0 Å². The lowest BCUT2D eigenvalue weighted by Gasteiger charge is -2.23. The molecule has 1 saturated heterocycles. The van der Waals surface area contributed by atoms with Crippen molar-refractivity contribution in [2.75, 3.05) is 6.61 Å². The smallest absolute Gasteiger partial charge is 0.140 e. The highest BCUT2D eigenvalue weighted by atomic mass is 16.5. The molecule has 2 heteroatoms. The highest BCUT2D eigenvalue weighted by Crippen LogP contribution is 2.53. The molecule has 1 aliphatic heterocycles. The van der Waals surface area contributed by atoms with E-state index in [0.29, 0.717) is 18.1 Å². The van der Waals surface area contributed by atoms with Crippen molar-refractivity contribution in [2.45, 2.75) is 33.3 Å². The Morgan fingerprint density at radius 3 is 2.75 bits per heavy atom. The molecule has 3 rings (SSSR count). The number of rotatable bonds is 0. The number of Topliss-reactive ketones (excluding diaryl/α,β-unsaturated/α-hetero) is 1. The first-order valence-electron chi connectivity index (χ1n) is 6.20. The summed E-state index contributed by atoms with van der Waals surface area (Å²) >= 11 is 0. The first-order chi connectivity index (χ1) is 7.71. The lowest BCUT2D eigenvalue weighted by Crippen LogP contribution is -2.26. The molecule has 1 heterocycles. The largest absolute Gasteiger partial charge is 0.373 e. The van der Waals surface area contributed by atoms with Gasteiger partial charge in [-0.2, -0.15) is 0 Å². The second-order valence-electron chi connectivity index (χ2n) is 4.89. The summed E-state index contributed by atoms with van der Waals surface area (Å²) in [5.41, 5.74) is 0.0887. The number of carbonyl (C=O) groups is 1. The van der Waals surface area contributed by atoms with Gasteiger partial charge >= 0.3 is 0 Å². The van der Waals surface area contributed by atoms with Crippen LogP contribution in [0.25, 0.3) is 0 Å². The second-order valence-corrected chi connectivity index (χ2v) is 4.89. The number of hydrogen-bond donors (Lipinski definition) is 0. The van der Waals surface area contributed by atoms with Crippen molar-refractivity contribution in [1.29, 1.82) is 0 Å². The molecular weight excluding hydrogens is 200 g/mol. The average molecular weight is 220 g/mol. The Morgan fingerprint density at radius 2 is 2.00 bits per heavy atom. The van der Waals surface area contributed by atoms with Crippen LogP contribution in [0.3, 0.4) is 0 Å². The summed E-state index contributed by atoms with van der Waals surface area (Å²) < 4.78 is 5.74. The Bertz CT molecular complexity index is 343. The van der Waals surface area contributed by atoms with E-state index in [1.54, 1.807) is 0 Å². The van der Waals surface area contributed by atoms with Gasteiger partial charge in [-0.05, 0) is 0 Å². The molecule has 2 aliphatic carbocycles. The highest BCUT2D eigenvalue weighted by molar-refractivity contribution is 5.87. The van der Waals surface area contributed by atoms with Crippen LogP contribution in [-0.2, 0) is 9.53 Å². The molecule has 0 aromatic heterocycles. The molecule has 0 aromatic carbocycles. The third-order valence-corrected chi connectivity index (χ3v) is 3.83. The lowest BCUT2D eigenvalue weighted by molar-refractivity contribution is -0.121. The van der Waals surface area contributed by atoms with Crippen molar-refractivity contribution in [2.24, 2.45) is 17.3 Å². The van der Waals surface area contributed by atoms with Crippen LogP contribution in [0.15, 0.2) is 24.3 Å². The van der Waals surface area contributed by atoms with E-state index in [2.05, 4.69) is 13.0 Å². The summed E-state index contributed by atoms with van der Waals surface area (Å²) in [6.07, 6.45) is 8.97. The van der Waals surface area contributed by atoms with Crippen molar-refractivity contribution in [3.05, 3.63) is 24.3 Å². The van der Waals surface area contributed by atoms with Crippen LogP contribution in [0, 0.1) is 17.3 Å². The van der Waals surface area contributed by atoms with Crippen LogP contribution in [0.5, 0.6) is 0 Å². The van der Waals surface area contributed by atoms with Gasteiger partial charge in [-0.25, -0.2) is 0 Å². The molecule has 0 aromatic rings. The normalized spacial score (nSPS) is 43.7. The molecule has 4 atom stereocenters. The zero-order chi connectivity index (χ0) is 11.8. The van der Waals surface area contributed by atoms with E-state index in [4.69, 9.17) is 4.74 Å². The summed E-state index contributed by atoms with van der Waals surface area (Å²) in [5.74, 6) is 0.873. The minimum absolute atomic E-state index is 0.0887. The van der Waals surface area contributed by atoms with E-state index >= 15 is 0 Å². The summed E-state index contributed by atoms with van der Waals surface area (Å²) in [6.45, 7) is 6.92. The molecule has 2 nitrogen and oxygen atoms in total. The summed E-state index contributed by atoms with van der Waals surface area (Å²) in [5, 5.41) is 0. The van der Waals surface area contributed by atoms with Gasteiger partial charge in [0.25, 0.3) is 0 Å². The fourth-order valence-corrected chi connectivity index (χ4v) is 3.17. The van der Waals surface area contributed by atoms with Gasteiger partial charge in [0.05, 0.1) is 12.7 Å². The van der Waals surface area contributed by atoms with Crippen molar-refractivity contribution >= 4 is 5.78 Å². The van der Waals surface area contributed by atoms with E-state index < -0.39 is 0 Å². The standard InChI is InChI=1S/C12H14O2.C2H6/c1-12-6-9(13)8-4-2-3-5-10(11(8)12)14-7-12;1-2/h2-5,8,10-11H,6-7H2,1H3;1-2H3. The summed E-state index contributed by atoms with van der Waals surface area (Å²) in [7, 11) is 0. The molecule has 0 bridgehead atoms. The van der Waals surface area contributed by atoms with E-state index in [9.17, 15) is 4.79 Å². The van der Waals surface area contributed by atoms with Crippen LogP contribution in [-0.4, -0.2) is 18.5 Å². The minimum Gasteiger partial charge on any atom is -0.373 e. The lowest BCUT2D eigenvalue weighted by atomic mass is 9.77. The van der Waals surface area contributed by atoms with Crippen molar-refractivity contribution in [3.63, 3.8) is 0 Å². The Balaban J connectivity index is 0.000000457. The zero-order valence-corrected chi connectivity index (χ0v) is 10.3. The fourth-order valence-electron chi connectivity index (χ4n) is 3.17. The van der Waals surface area contributed by atoms with E-state index in [1.807, 2.05) is 32.1 Å². The molecule has 88 valence electrons. The van der Waals surface area contributed by atoms with Gasteiger partial charge in [-0.15, -0.1) is 0 Å². The number of ether oxygens (including phenoxy) is 1. The summed E-state index contributed by atoms with van der Waals surface area (Å²) in [4.78, 5) is 11.8. The van der Waals surface area contributed by atoms with E-state index in [1.165, 1.54) is 0 Å². The molecule has 16 heavy (non-hydrogen) atoms. The first-order valence-corrected chi connectivity index (χ1v) is 6.20. The van der Waals surface area contributed by atoms with Crippen LogP contribution >= 0.6 is 0 Å². The molecule has 3 aliphatic rings. The third kappa shape index (κ3) is 1.56. The van der Waals surface area contributed by atoms with Crippen molar-refractivity contribution in [1.82, 2.24) is 0 Å². The monoisotopic (exact) mass is 220 g/mol. The number of carbonyl (C=O) groups excluding carboxylic acids is 1. The minimum atomic E-state index is 0.0887. The average Bonchev–Trinajstić information content (AvgIpc) is 2.62. The van der Waals surface area contributed by atoms with Gasteiger partial charge in [0.15, 0.2) is 0 Å². The van der Waals surface area contributed by atoms with Gasteiger partial charge in [-0.1, -0.05) is 45.1 Å². The second kappa shape index (κ2) is 4.17. The molecule has 4 unspecified atom stereocenters. The molecule has 0 radical (unpaired) electrons. The van der Waals surface area contributed by atoms with Gasteiger partial charge in [0.1, 0.15) is 5.78 Å². The molecule has 0 amide bonds. The Kier molecular flexibility index (Phi) is 3.02. The molecule has 1 saturated carbocycles. The summed E-state index contributed by atoms with van der Waals surface area (Å²) in [6, 6.07) is 0. The van der Waals surface area contributed by atoms with Crippen molar-refractivity contribution < 1.29 is 9.53 Å². The Hall–Kier alpha value is -0.890. The van der Waals surface area contributed by atoms with Crippen molar-refractivity contribution in [3.8, 4) is 0 Å². The fraction of sp³-hybridized carbons (Fsp3) is 0.643. The van der Waals surface area contributed by atoms with Gasteiger partial charge in [0, 0.05) is 23.7 Å². The Labute approximate surface area is 97.4 Å². The predicted octanol–water partition coefficient (Wildman–Crippen LogP) is 2.75. The van der Waals surface area contributed by atoms with Gasteiger partial charge in [-0.3, -0.25) is 4.79 Å². The highest BCUT2D eigenvalue weighted by Gasteiger charge is 2.56. The van der Waals surface area contributed by atoms with Gasteiger partial charge < -0.3 is 4.74 Å².